The maximum atomic E-state index is 5.41. The van der Waals surface area contributed by atoms with Gasteiger partial charge in [0, 0.05) is 19.3 Å². The van der Waals surface area contributed by atoms with Crippen LogP contribution in [0.4, 0.5) is 0 Å². The van der Waals surface area contributed by atoms with Crippen molar-refractivity contribution >= 4 is 0 Å². The van der Waals surface area contributed by atoms with Crippen LogP contribution in [0.1, 0.15) is 38.3 Å². The van der Waals surface area contributed by atoms with Crippen molar-refractivity contribution in [2.75, 3.05) is 19.8 Å². The Morgan fingerprint density at radius 2 is 1.83 bits per heavy atom. The zero-order valence-corrected chi connectivity index (χ0v) is 11.6. The summed E-state index contributed by atoms with van der Waals surface area (Å²) in [6.45, 7) is 7.55. The van der Waals surface area contributed by atoms with Gasteiger partial charge in [0.25, 0.3) is 0 Å². The molecule has 2 heteroatoms. The minimum atomic E-state index is 0.467. The predicted molar refractivity (Wildman–Crippen MR) is 75.6 cm³/mol. The van der Waals surface area contributed by atoms with Crippen LogP contribution in [-0.2, 0) is 4.74 Å². The normalized spacial score (nSPS) is 19.1. The Morgan fingerprint density at radius 3 is 2.44 bits per heavy atom. The number of hydrogen-bond acceptors (Lipinski definition) is 2. The Hall–Kier alpha value is -0.860. The third-order valence-electron chi connectivity index (χ3n) is 3.79. The Morgan fingerprint density at radius 1 is 1.17 bits per heavy atom. The molecule has 0 aromatic heterocycles. The van der Waals surface area contributed by atoms with Crippen LogP contribution in [0.15, 0.2) is 30.3 Å². The highest BCUT2D eigenvalue weighted by atomic mass is 16.5. The summed E-state index contributed by atoms with van der Waals surface area (Å²) in [6, 6.07) is 11.2. The molecule has 0 bridgehead atoms. The lowest BCUT2D eigenvalue weighted by molar-refractivity contribution is 0.0649. The Balaban J connectivity index is 1.90. The minimum Gasteiger partial charge on any atom is -0.381 e. The van der Waals surface area contributed by atoms with Crippen LogP contribution < -0.4 is 5.32 Å². The second-order valence-electron chi connectivity index (χ2n) is 5.60. The first-order valence-electron chi connectivity index (χ1n) is 7.13. The van der Waals surface area contributed by atoms with Gasteiger partial charge in [0.05, 0.1) is 0 Å². The van der Waals surface area contributed by atoms with E-state index in [2.05, 4.69) is 49.5 Å². The summed E-state index contributed by atoms with van der Waals surface area (Å²) in [5, 5.41) is 3.75. The maximum absolute atomic E-state index is 5.41. The van der Waals surface area contributed by atoms with E-state index in [-0.39, 0.29) is 0 Å². The molecular weight excluding hydrogens is 222 g/mol. The van der Waals surface area contributed by atoms with E-state index in [4.69, 9.17) is 4.74 Å². The topological polar surface area (TPSA) is 21.3 Å². The predicted octanol–water partition coefficient (Wildman–Crippen LogP) is 3.40. The number of hydrogen-bond donors (Lipinski definition) is 1. The average molecular weight is 247 g/mol. The minimum absolute atomic E-state index is 0.467. The van der Waals surface area contributed by atoms with Gasteiger partial charge in [-0.3, -0.25) is 0 Å². The van der Waals surface area contributed by atoms with Crippen molar-refractivity contribution in [3.63, 3.8) is 0 Å². The van der Waals surface area contributed by atoms with Gasteiger partial charge in [0.2, 0.25) is 0 Å². The third kappa shape index (κ3) is 3.82. The molecule has 1 aromatic carbocycles. The first kappa shape index (κ1) is 13.6. The van der Waals surface area contributed by atoms with Crippen molar-refractivity contribution < 1.29 is 4.74 Å². The molecule has 0 aliphatic carbocycles. The fraction of sp³-hybridized carbons (Fsp3) is 0.625. The summed E-state index contributed by atoms with van der Waals surface area (Å²) in [6.07, 6.45) is 2.40. The summed E-state index contributed by atoms with van der Waals surface area (Å²) < 4.78 is 5.41. The second-order valence-corrected chi connectivity index (χ2v) is 5.60. The lowest BCUT2D eigenvalue weighted by Gasteiger charge is -2.28. The molecule has 0 spiro atoms. The Labute approximate surface area is 111 Å². The maximum Gasteiger partial charge on any atom is 0.0469 e. The van der Waals surface area contributed by atoms with Crippen molar-refractivity contribution in [1.82, 2.24) is 5.32 Å². The van der Waals surface area contributed by atoms with Crippen molar-refractivity contribution in [3.8, 4) is 0 Å². The van der Waals surface area contributed by atoms with Gasteiger partial charge in [-0.1, -0.05) is 44.2 Å². The average Bonchev–Trinajstić information content (AvgIpc) is 2.41. The summed E-state index contributed by atoms with van der Waals surface area (Å²) in [4.78, 5) is 0. The summed E-state index contributed by atoms with van der Waals surface area (Å²) in [5.41, 5.74) is 1.40. The highest BCUT2D eigenvalue weighted by molar-refractivity contribution is 5.19. The lowest BCUT2D eigenvalue weighted by Crippen LogP contribution is -2.33. The Bertz CT molecular complexity index is 330. The molecule has 1 atom stereocenters. The molecule has 1 saturated heterocycles. The smallest absolute Gasteiger partial charge is 0.0469 e. The molecule has 2 nitrogen and oxygen atoms in total. The van der Waals surface area contributed by atoms with Crippen molar-refractivity contribution in [1.29, 1.82) is 0 Å². The fourth-order valence-corrected chi connectivity index (χ4v) is 2.64. The molecule has 100 valence electrons. The van der Waals surface area contributed by atoms with Crippen molar-refractivity contribution in [2.45, 2.75) is 32.7 Å². The van der Waals surface area contributed by atoms with Gasteiger partial charge in [0.1, 0.15) is 0 Å². The van der Waals surface area contributed by atoms with Gasteiger partial charge in [-0.15, -0.1) is 0 Å². The highest BCUT2D eigenvalue weighted by Crippen LogP contribution is 2.22. The molecule has 0 saturated carbocycles. The molecule has 0 radical (unpaired) electrons. The van der Waals surface area contributed by atoms with Gasteiger partial charge < -0.3 is 10.1 Å². The van der Waals surface area contributed by atoms with Crippen LogP contribution in [0.2, 0.25) is 0 Å². The zero-order chi connectivity index (χ0) is 12.8. The van der Waals surface area contributed by atoms with E-state index in [0.717, 1.165) is 25.7 Å². The number of benzene rings is 1. The van der Waals surface area contributed by atoms with Gasteiger partial charge >= 0.3 is 0 Å². The molecule has 1 aromatic rings. The van der Waals surface area contributed by atoms with E-state index >= 15 is 0 Å². The standard InChI is InChI=1S/C16H25NO/c1-13(2)16(15-6-4-3-5-7-15)17-12-14-8-10-18-11-9-14/h3-7,13-14,16-17H,8-12H2,1-2H3. The Kier molecular flexibility index (Phi) is 5.21. The van der Waals surface area contributed by atoms with E-state index in [1.807, 2.05) is 0 Å². The fourth-order valence-electron chi connectivity index (χ4n) is 2.64. The van der Waals surface area contributed by atoms with Gasteiger partial charge in [0.15, 0.2) is 0 Å². The summed E-state index contributed by atoms with van der Waals surface area (Å²) >= 11 is 0. The van der Waals surface area contributed by atoms with E-state index in [1.165, 1.54) is 18.4 Å². The molecule has 0 amide bonds. The van der Waals surface area contributed by atoms with E-state index in [9.17, 15) is 0 Å². The molecular formula is C16H25NO. The van der Waals surface area contributed by atoms with E-state index in [0.29, 0.717) is 12.0 Å². The highest BCUT2D eigenvalue weighted by Gasteiger charge is 2.18. The largest absolute Gasteiger partial charge is 0.381 e. The molecule has 1 unspecified atom stereocenters. The molecule has 1 aliphatic heterocycles. The van der Waals surface area contributed by atoms with Crippen LogP contribution in [0, 0.1) is 11.8 Å². The van der Waals surface area contributed by atoms with Crippen molar-refractivity contribution in [3.05, 3.63) is 35.9 Å². The SMILES string of the molecule is CC(C)C(NCC1CCOCC1)c1ccccc1. The van der Waals surface area contributed by atoms with Crippen LogP contribution in [-0.4, -0.2) is 19.8 Å². The van der Waals surface area contributed by atoms with Crippen molar-refractivity contribution in [2.24, 2.45) is 11.8 Å². The third-order valence-corrected chi connectivity index (χ3v) is 3.79. The molecule has 1 fully saturated rings. The van der Waals surface area contributed by atoms with Gasteiger partial charge in [-0.25, -0.2) is 0 Å². The summed E-state index contributed by atoms with van der Waals surface area (Å²) in [7, 11) is 0. The quantitative estimate of drug-likeness (QED) is 0.861. The summed E-state index contributed by atoms with van der Waals surface area (Å²) in [5.74, 6) is 1.40. The number of nitrogens with one attached hydrogen (secondary N) is 1. The lowest BCUT2D eigenvalue weighted by atomic mass is 9.94. The molecule has 1 N–H and O–H groups in total. The molecule has 1 heterocycles. The van der Waals surface area contributed by atoms with Crippen LogP contribution in [0.5, 0.6) is 0 Å². The second kappa shape index (κ2) is 6.91. The number of rotatable bonds is 5. The van der Waals surface area contributed by atoms with Crippen LogP contribution >= 0.6 is 0 Å². The van der Waals surface area contributed by atoms with Crippen LogP contribution in [0.25, 0.3) is 0 Å². The molecule has 2 rings (SSSR count). The first-order chi connectivity index (χ1) is 8.77. The molecule has 18 heavy (non-hydrogen) atoms. The number of ether oxygens (including phenoxy) is 1. The molecule has 1 aliphatic rings. The zero-order valence-electron chi connectivity index (χ0n) is 11.6. The van der Waals surface area contributed by atoms with Crippen LogP contribution in [0.3, 0.4) is 0 Å². The van der Waals surface area contributed by atoms with E-state index in [1.54, 1.807) is 0 Å². The van der Waals surface area contributed by atoms with Gasteiger partial charge in [-0.05, 0) is 36.8 Å². The monoisotopic (exact) mass is 247 g/mol. The van der Waals surface area contributed by atoms with E-state index < -0.39 is 0 Å². The van der Waals surface area contributed by atoms with Gasteiger partial charge in [-0.2, -0.15) is 0 Å². The first-order valence-corrected chi connectivity index (χ1v) is 7.13.